The summed E-state index contributed by atoms with van der Waals surface area (Å²) in [6.07, 6.45) is 6.39. The Balaban J connectivity index is 1.25. The van der Waals surface area contributed by atoms with Crippen molar-refractivity contribution in [3.8, 4) is 5.75 Å². The number of anilines is 1. The molecule has 0 bridgehead atoms. The van der Waals surface area contributed by atoms with Crippen LogP contribution < -0.4 is 10.1 Å². The lowest BCUT2D eigenvalue weighted by atomic mass is 10.0. The quantitative estimate of drug-likeness (QED) is 0.720. The van der Waals surface area contributed by atoms with E-state index in [2.05, 4.69) is 59.9 Å². The number of aryl methyl sites for hydroxylation is 3. The molecule has 0 radical (unpaired) electrons. The Morgan fingerprint density at radius 2 is 1.64 bits per heavy atom. The SMILES string of the molecule is c1ccc2c(c1)CCc1ccc(OCCc3ccc4c(n3)NCCC4)cc1C2. The van der Waals surface area contributed by atoms with Crippen LogP contribution in [0.2, 0.25) is 0 Å². The van der Waals surface area contributed by atoms with Gasteiger partial charge in [0.1, 0.15) is 11.6 Å². The normalized spacial score (nSPS) is 14.9. The lowest BCUT2D eigenvalue weighted by molar-refractivity contribution is 0.320. The predicted octanol–water partition coefficient (Wildman–Crippen LogP) is 4.75. The zero-order valence-corrected chi connectivity index (χ0v) is 16.2. The van der Waals surface area contributed by atoms with E-state index in [-0.39, 0.29) is 0 Å². The van der Waals surface area contributed by atoms with Gasteiger partial charge in [-0.1, -0.05) is 36.4 Å². The van der Waals surface area contributed by atoms with E-state index in [1.807, 2.05) is 0 Å². The summed E-state index contributed by atoms with van der Waals surface area (Å²) < 4.78 is 6.09. The molecule has 1 aromatic heterocycles. The molecule has 0 fully saturated rings. The molecule has 3 nitrogen and oxygen atoms in total. The zero-order valence-electron chi connectivity index (χ0n) is 16.2. The molecule has 0 atom stereocenters. The van der Waals surface area contributed by atoms with E-state index in [0.29, 0.717) is 6.61 Å². The van der Waals surface area contributed by atoms with Crippen molar-refractivity contribution < 1.29 is 4.74 Å². The molecule has 2 aromatic carbocycles. The highest BCUT2D eigenvalue weighted by Crippen LogP contribution is 2.27. The van der Waals surface area contributed by atoms with E-state index < -0.39 is 0 Å². The molecule has 28 heavy (non-hydrogen) atoms. The molecule has 142 valence electrons. The van der Waals surface area contributed by atoms with Crippen LogP contribution >= 0.6 is 0 Å². The lowest BCUT2D eigenvalue weighted by Gasteiger charge is -2.17. The van der Waals surface area contributed by atoms with Gasteiger partial charge in [-0.25, -0.2) is 4.98 Å². The number of ether oxygens (including phenoxy) is 1. The molecule has 3 heteroatoms. The predicted molar refractivity (Wildman–Crippen MR) is 113 cm³/mol. The van der Waals surface area contributed by atoms with E-state index in [9.17, 15) is 0 Å². The average molecular weight is 370 g/mol. The van der Waals surface area contributed by atoms with E-state index in [1.165, 1.54) is 34.2 Å². The number of hydrogen-bond donors (Lipinski definition) is 1. The van der Waals surface area contributed by atoms with Gasteiger partial charge in [-0.15, -0.1) is 0 Å². The Bertz CT molecular complexity index is 996. The van der Waals surface area contributed by atoms with Crippen molar-refractivity contribution in [3.05, 3.63) is 88.1 Å². The smallest absolute Gasteiger partial charge is 0.129 e. The maximum atomic E-state index is 6.09. The average Bonchev–Trinajstić information content (AvgIpc) is 2.92. The Morgan fingerprint density at radius 3 is 2.57 bits per heavy atom. The van der Waals surface area contributed by atoms with Crippen LogP contribution in [0.3, 0.4) is 0 Å². The second-order valence-electron chi connectivity index (χ2n) is 7.82. The third-order valence-corrected chi connectivity index (χ3v) is 5.92. The molecule has 5 rings (SSSR count). The van der Waals surface area contributed by atoms with Crippen LogP contribution in [0.25, 0.3) is 0 Å². The Labute approximate surface area is 166 Å². The van der Waals surface area contributed by atoms with Gasteiger partial charge >= 0.3 is 0 Å². The third kappa shape index (κ3) is 3.62. The van der Waals surface area contributed by atoms with E-state index >= 15 is 0 Å². The van der Waals surface area contributed by atoms with Crippen molar-refractivity contribution in [2.24, 2.45) is 0 Å². The highest BCUT2D eigenvalue weighted by atomic mass is 16.5. The topological polar surface area (TPSA) is 34.1 Å². The van der Waals surface area contributed by atoms with Gasteiger partial charge in [0.05, 0.1) is 6.61 Å². The summed E-state index contributed by atoms with van der Waals surface area (Å²) in [5.41, 5.74) is 8.21. The zero-order chi connectivity index (χ0) is 18.8. The Kier molecular flexibility index (Phi) is 4.74. The first-order valence-corrected chi connectivity index (χ1v) is 10.4. The van der Waals surface area contributed by atoms with Crippen LogP contribution in [-0.2, 0) is 32.1 Å². The second-order valence-corrected chi connectivity index (χ2v) is 7.82. The van der Waals surface area contributed by atoms with Crippen LogP contribution in [-0.4, -0.2) is 18.1 Å². The molecule has 0 unspecified atom stereocenters. The fourth-order valence-corrected chi connectivity index (χ4v) is 4.33. The lowest BCUT2D eigenvalue weighted by Crippen LogP contribution is -2.14. The van der Waals surface area contributed by atoms with E-state index in [0.717, 1.165) is 55.9 Å². The van der Waals surface area contributed by atoms with Crippen molar-refractivity contribution in [2.75, 3.05) is 18.5 Å². The van der Waals surface area contributed by atoms with Crippen LogP contribution in [0.15, 0.2) is 54.6 Å². The molecule has 3 aromatic rings. The highest BCUT2D eigenvalue weighted by Gasteiger charge is 2.14. The summed E-state index contributed by atoms with van der Waals surface area (Å²) in [5, 5.41) is 3.41. The van der Waals surface area contributed by atoms with Crippen molar-refractivity contribution >= 4 is 5.82 Å². The second kappa shape index (κ2) is 7.67. The Hall–Kier alpha value is -2.81. The maximum absolute atomic E-state index is 6.09. The summed E-state index contributed by atoms with van der Waals surface area (Å²) in [4.78, 5) is 4.76. The Morgan fingerprint density at radius 1 is 0.821 bits per heavy atom. The maximum Gasteiger partial charge on any atom is 0.129 e. The minimum absolute atomic E-state index is 0.654. The van der Waals surface area contributed by atoms with Gasteiger partial charge in [0.25, 0.3) is 0 Å². The third-order valence-electron chi connectivity index (χ3n) is 5.92. The molecule has 0 spiro atoms. The summed E-state index contributed by atoms with van der Waals surface area (Å²) in [5.74, 6) is 2.03. The largest absolute Gasteiger partial charge is 0.493 e. The summed E-state index contributed by atoms with van der Waals surface area (Å²) in [7, 11) is 0. The van der Waals surface area contributed by atoms with Gasteiger partial charge in [0.2, 0.25) is 0 Å². The first-order valence-electron chi connectivity index (χ1n) is 10.4. The van der Waals surface area contributed by atoms with Crippen LogP contribution in [0.4, 0.5) is 5.82 Å². The van der Waals surface area contributed by atoms with Crippen LogP contribution in [0, 0.1) is 0 Å². The number of benzene rings is 2. The molecule has 1 aliphatic carbocycles. The van der Waals surface area contributed by atoms with Crippen molar-refractivity contribution in [2.45, 2.75) is 38.5 Å². The number of rotatable bonds is 4. The van der Waals surface area contributed by atoms with Gasteiger partial charge in [-0.2, -0.15) is 0 Å². The van der Waals surface area contributed by atoms with E-state index in [1.54, 1.807) is 0 Å². The fraction of sp³-hybridized carbons (Fsp3) is 0.320. The first-order chi connectivity index (χ1) is 13.8. The molecular formula is C25H26N2O. The summed E-state index contributed by atoms with van der Waals surface area (Å²) >= 11 is 0. The molecule has 1 N–H and O–H groups in total. The van der Waals surface area contributed by atoms with Gasteiger partial charge < -0.3 is 10.1 Å². The van der Waals surface area contributed by atoms with Gasteiger partial charge in [-0.3, -0.25) is 0 Å². The highest BCUT2D eigenvalue weighted by molar-refractivity contribution is 5.47. The summed E-state index contributed by atoms with van der Waals surface area (Å²) in [6, 6.07) is 19.8. The van der Waals surface area contributed by atoms with Gasteiger partial charge in [0.15, 0.2) is 0 Å². The molecular weight excluding hydrogens is 344 g/mol. The number of nitrogens with zero attached hydrogens (tertiary/aromatic N) is 1. The number of nitrogens with one attached hydrogen (secondary N) is 1. The monoisotopic (exact) mass is 370 g/mol. The number of aromatic nitrogens is 1. The summed E-state index contributed by atoms with van der Waals surface area (Å²) in [6.45, 7) is 1.68. The minimum Gasteiger partial charge on any atom is -0.493 e. The number of hydrogen-bond acceptors (Lipinski definition) is 3. The van der Waals surface area contributed by atoms with Gasteiger partial charge in [0, 0.05) is 18.7 Å². The molecule has 0 saturated carbocycles. The van der Waals surface area contributed by atoms with Crippen LogP contribution in [0.1, 0.15) is 39.9 Å². The van der Waals surface area contributed by atoms with Gasteiger partial charge in [-0.05, 0) is 78.1 Å². The van der Waals surface area contributed by atoms with Crippen molar-refractivity contribution in [3.63, 3.8) is 0 Å². The number of pyridine rings is 1. The molecule has 0 saturated heterocycles. The number of fused-ring (bicyclic) bond motifs is 3. The first kappa shape index (κ1) is 17.3. The van der Waals surface area contributed by atoms with Crippen molar-refractivity contribution in [1.82, 2.24) is 4.98 Å². The standard InChI is InChI=1S/C25H26N2O/c1-2-5-21-16-22-17-24(12-10-19(22)8-7-18(21)4-1)28-15-13-23-11-9-20-6-3-14-26-25(20)27-23/h1-2,4-5,9-12,17H,3,6-8,13-16H2,(H,26,27). The molecule has 0 amide bonds. The fourth-order valence-electron chi connectivity index (χ4n) is 4.33. The van der Waals surface area contributed by atoms with Crippen LogP contribution in [0.5, 0.6) is 5.75 Å². The molecule has 1 aliphatic heterocycles. The molecule has 2 heterocycles. The molecule has 2 aliphatic rings. The van der Waals surface area contributed by atoms with E-state index in [4.69, 9.17) is 9.72 Å². The minimum atomic E-state index is 0.654. The van der Waals surface area contributed by atoms with Crippen molar-refractivity contribution in [1.29, 1.82) is 0 Å².